The zero-order valence-electron chi connectivity index (χ0n) is 12.8. The van der Waals surface area contributed by atoms with E-state index in [1.54, 1.807) is 5.57 Å². The second-order valence-electron chi connectivity index (χ2n) is 5.90. The first-order chi connectivity index (χ1) is 10.2. The normalized spacial score (nSPS) is 17.2. The zero-order valence-corrected chi connectivity index (χ0v) is 16.0. The highest BCUT2D eigenvalue weighted by Gasteiger charge is 2.17. The Labute approximate surface area is 145 Å². The van der Waals surface area contributed by atoms with Crippen LogP contribution in [0.3, 0.4) is 0 Å². The molecule has 2 rings (SSSR count). The monoisotopic (exact) mass is 413 g/mol. The fourth-order valence-corrected chi connectivity index (χ4v) is 3.66. The molecular formula is C18H25Br2N. The van der Waals surface area contributed by atoms with E-state index in [9.17, 15) is 0 Å². The quantitative estimate of drug-likeness (QED) is 0.548. The maximum Gasteiger partial charge on any atom is 0.0323 e. The summed E-state index contributed by atoms with van der Waals surface area (Å²) < 4.78 is 2.24. The lowest BCUT2D eigenvalue weighted by Gasteiger charge is -2.25. The summed E-state index contributed by atoms with van der Waals surface area (Å²) in [6.45, 7) is 4.36. The number of nitrogens with one attached hydrogen (secondary N) is 1. The van der Waals surface area contributed by atoms with E-state index in [4.69, 9.17) is 0 Å². The topological polar surface area (TPSA) is 12.0 Å². The van der Waals surface area contributed by atoms with Gasteiger partial charge in [-0.2, -0.15) is 0 Å². The van der Waals surface area contributed by atoms with Crippen LogP contribution in [0.25, 0.3) is 6.08 Å². The van der Waals surface area contributed by atoms with Crippen molar-refractivity contribution in [2.45, 2.75) is 45.4 Å². The number of hydrogen-bond acceptors (Lipinski definition) is 1. The van der Waals surface area contributed by atoms with Gasteiger partial charge in [-0.15, -0.1) is 0 Å². The number of hydrogen-bond donors (Lipinski definition) is 1. The van der Waals surface area contributed by atoms with Gasteiger partial charge in [0.1, 0.15) is 0 Å². The molecular weight excluding hydrogens is 390 g/mol. The predicted octanol–water partition coefficient (Wildman–Crippen LogP) is 6.17. The number of rotatable bonds is 6. The van der Waals surface area contributed by atoms with Crippen molar-refractivity contribution >= 4 is 37.9 Å². The van der Waals surface area contributed by atoms with Crippen LogP contribution in [0.1, 0.15) is 51.0 Å². The Morgan fingerprint density at radius 2 is 1.95 bits per heavy atom. The van der Waals surface area contributed by atoms with E-state index in [1.165, 1.54) is 44.1 Å². The van der Waals surface area contributed by atoms with Crippen LogP contribution < -0.4 is 5.32 Å². The molecule has 1 aliphatic rings. The van der Waals surface area contributed by atoms with Gasteiger partial charge >= 0.3 is 0 Å². The molecule has 0 atom stereocenters. The molecule has 0 unspecified atom stereocenters. The molecule has 1 aliphatic carbocycles. The average molecular weight is 415 g/mol. The maximum atomic E-state index is 3.60. The van der Waals surface area contributed by atoms with Crippen molar-refractivity contribution in [2.24, 2.45) is 5.92 Å². The summed E-state index contributed by atoms with van der Waals surface area (Å²) in [5.41, 5.74) is 2.88. The highest BCUT2D eigenvalue weighted by atomic mass is 79.9. The van der Waals surface area contributed by atoms with Gasteiger partial charge in [0.15, 0.2) is 0 Å². The molecule has 1 saturated carbocycles. The van der Waals surface area contributed by atoms with Crippen molar-refractivity contribution < 1.29 is 0 Å². The van der Waals surface area contributed by atoms with Crippen molar-refractivity contribution in [2.75, 3.05) is 13.1 Å². The van der Waals surface area contributed by atoms with Gasteiger partial charge in [-0.05, 0) is 81.3 Å². The lowest BCUT2D eigenvalue weighted by Crippen LogP contribution is -2.23. The van der Waals surface area contributed by atoms with Crippen molar-refractivity contribution in [3.63, 3.8) is 0 Å². The highest BCUT2D eigenvalue weighted by molar-refractivity contribution is 9.13. The number of halogens is 2. The summed E-state index contributed by atoms with van der Waals surface area (Å²) in [5.74, 6) is 0.769. The molecule has 1 aromatic carbocycles. The van der Waals surface area contributed by atoms with Crippen molar-refractivity contribution in [3.8, 4) is 0 Å². The Balaban J connectivity index is 2.15. The van der Waals surface area contributed by atoms with Gasteiger partial charge in [0, 0.05) is 15.5 Å². The lowest BCUT2D eigenvalue weighted by molar-refractivity contribution is 0.396. The van der Waals surface area contributed by atoms with Crippen LogP contribution in [0, 0.1) is 5.92 Å². The van der Waals surface area contributed by atoms with Gasteiger partial charge in [0.05, 0.1) is 0 Å². The van der Waals surface area contributed by atoms with E-state index in [0.717, 1.165) is 28.0 Å². The van der Waals surface area contributed by atoms with Gasteiger partial charge in [-0.1, -0.05) is 43.9 Å². The van der Waals surface area contributed by atoms with E-state index in [2.05, 4.69) is 68.4 Å². The molecule has 0 bridgehead atoms. The minimum absolute atomic E-state index is 0.769. The van der Waals surface area contributed by atoms with E-state index in [0.29, 0.717) is 0 Å². The average Bonchev–Trinajstić information content (AvgIpc) is 2.51. The molecule has 3 heteroatoms. The fourth-order valence-electron chi connectivity index (χ4n) is 3.01. The third-order valence-electron chi connectivity index (χ3n) is 4.18. The van der Waals surface area contributed by atoms with Crippen LogP contribution in [-0.4, -0.2) is 13.1 Å². The van der Waals surface area contributed by atoms with E-state index in [1.807, 2.05) is 0 Å². The molecule has 0 aliphatic heterocycles. The first-order valence-corrected chi connectivity index (χ1v) is 9.65. The van der Waals surface area contributed by atoms with Gasteiger partial charge in [0.25, 0.3) is 0 Å². The molecule has 21 heavy (non-hydrogen) atoms. The molecule has 0 saturated heterocycles. The van der Waals surface area contributed by atoms with Crippen LogP contribution in [0.15, 0.2) is 32.7 Å². The summed E-state index contributed by atoms with van der Waals surface area (Å²) >= 11 is 7.15. The Morgan fingerprint density at radius 1 is 1.19 bits per heavy atom. The number of benzene rings is 1. The minimum atomic E-state index is 0.769. The molecule has 0 aromatic heterocycles. The van der Waals surface area contributed by atoms with E-state index >= 15 is 0 Å². The molecule has 1 fully saturated rings. The third kappa shape index (κ3) is 5.54. The zero-order chi connectivity index (χ0) is 15.1. The second-order valence-corrected chi connectivity index (χ2v) is 7.61. The van der Waals surface area contributed by atoms with Crippen molar-refractivity contribution in [1.29, 1.82) is 0 Å². The Bertz CT molecular complexity index is 476. The van der Waals surface area contributed by atoms with Crippen LogP contribution in [0.5, 0.6) is 0 Å². The lowest BCUT2D eigenvalue weighted by atomic mass is 9.83. The van der Waals surface area contributed by atoms with Crippen LogP contribution in [-0.2, 0) is 0 Å². The SMILES string of the molecule is CCCNC/C(=C/c1ccc(Br)c(Br)c1)C1CCCCC1. The van der Waals surface area contributed by atoms with Gasteiger partial charge < -0.3 is 5.32 Å². The molecule has 1 N–H and O–H groups in total. The Hall–Kier alpha value is -0.120. The van der Waals surface area contributed by atoms with E-state index < -0.39 is 0 Å². The highest BCUT2D eigenvalue weighted by Crippen LogP contribution is 2.31. The summed E-state index contributed by atoms with van der Waals surface area (Å²) in [4.78, 5) is 0. The molecule has 1 nitrogen and oxygen atoms in total. The molecule has 0 heterocycles. The smallest absolute Gasteiger partial charge is 0.0323 e. The maximum absolute atomic E-state index is 3.60. The van der Waals surface area contributed by atoms with Gasteiger partial charge in [-0.25, -0.2) is 0 Å². The standard InChI is InChI=1S/C18H25Br2N/c1-2-10-21-13-16(15-6-4-3-5-7-15)11-14-8-9-17(19)18(20)12-14/h8-9,11-12,15,21H,2-7,10,13H2,1H3/b16-11-. The molecule has 1 aromatic rings. The molecule has 0 radical (unpaired) electrons. The Morgan fingerprint density at radius 3 is 2.62 bits per heavy atom. The second kappa shape index (κ2) is 9.12. The fraction of sp³-hybridized carbons (Fsp3) is 0.556. The summed E-state index contributed by atoms with van der Waals surface area (Å²) in [6.07, 6.45) is 10.5. The van der Waals surface area contributed by atoms with Crippen molar-refractivity contribution in [1.82, 2.24) is 5.32 Å². The van der Waals surface area contributed by atoms with Crippen LogP contribution >= 0.6 is 31.9 Å². The third-order valence-corrected chi connectivity index (χ3v) is 6.06. The largest absolute Gasteiger partial charge is 0.313 e. The first kappa shape index (κ1) is 17.2. The van der Waals surface area contributed by atoms with Gasteiger partial charge in [0.2, 0.25) is 0 Å². The van der Waals surface area contributed by atoms with Crippen LogP contribution in [0.4, 0.5) is 0 Å². The summed E-state index contributed by atoms with van der Waals surface area (Å²) in [5, 5.41) is 3.59. The summed E-state index contributed by atoms with van der Waals surface area (Å²) in [7, 11) is 0. The van der Waals surface area contributed by atoms with Crippen LogP contribution in [0.2, 0.25) is 0 Å². The predicted molar refractivity (Wildman–Crippen MR) is 99.6 cm³/mol. The van der Waals surface area contributed by atoms with E-state index in [-0.39, 0.29) is 0 Å². The first-order valence-electron chi connectivity index (χ1n) is 8.07. The molecule has 116 valence electrons. The minimum Gasteiger partial charge on any atom is -0.313 e. The molecule has 0 amide bonds. The van der Waals surface area contributed by atoms with Crippen molar-refractivity contribution in [3.05, 3.63) is 38.3 Å². The molecule has 0 spiro atoms. The van der Waals surface area contributed by atoms with Gasteiger partial charge in [-0.3, -0.25) is 0 Å². The Kier molecular flexibility index (Phi) is 7.48. The summed E-state index contributed by atoms with van der Waals surface area (Å²) in [6, 6.07) is 6.51.